The van der Waals surface area contributed by atoms with Gasteiger partial charge in [0.25, 0.3) is 0 Å². The molecule has 1 aromatic carbocycles. The number of ether oxygens (including phenoxy) is 2. The Hall–Kier alpha value is -1.24. The minimum Gasteiger partial charge on any atom is -0.497 e. The molecule has 1 aromatic heterocycles. The molecule has 0 atom stereocenters. The van der Waals surface area contributed by atoms with Gasteiger partial charge in [-0.3, -0.25) is 0 Å². The van der Waals surface area contributed by atoms with E-state index in [1.165, 1.54) is 0 Å². The molecule has 0 aliphatic heterocycles. The second-order valence-corrected chi connectivity index (χ2v) is 6.51. The van der Waals surface area contributed by atoms with Gasteiger partial charge in [0.15, 0.2) is 0 Å². The lowest BCUT2D eigenvalue weighted by Crippen LogP contribution is -2.10. The minimum atomic E-state index is 0.742. The van der Waals surface area contributed by atoms with Crippen LogP contribution in [-0.2, 0) is 6.54 Å². The van der Waals surface area contributed by atoms with E-state index in [4.69, 9.17) is 9.47 Å². The van der Waals surface area contributed by atoms with Crippen LogP contribution in [0.3, 0.4) is 0 Å². The van der Waals surface area contributed by atoms with E-state index >= 15 is 0 Å². The third kappa shape index (κ3) is 4.62. The van der Waals surface area contributed by atoms with Crippen molar-refractivity contribution in [3.05, 3.63) is 46.6 Å². The Morgan fingerprint density at radius 2 is 2.00 bits per heavy atom. The van der Waals surface area contributed by atoms with Crippen molar-refractivity contribution in [3.63, 3.8) is 0 Å². The predicted molar refractivity (Wildman–Crippen MR) is 88.8 cm³/mol. The topological polar surface area (TPSA) is 34.6 Å². The number of nitrogens with zero attached hydrogens (tertiary/aromatic N) is 2. The molecule has 1 heterocycles. The Morgan fingerprint density at radius 1 is 1.19 bits per heavy atom. The molecular weight excluding hydrogens is 352 g/mol. The van der Waals surface area contributed by atoms with Crippen LogP contribution >= 0.6 is 27.9 Å². The summed E-state index contributed by atoms with van der Waals surface area (Å²) in [6.45, 7) is 0.742. The maximum Gasteiger partial charge on any atom is 0.127 e. The molecule has 0 aliphatic rings. The SMILES string of the molecule is COc1ccc(CN(C)Sc2cc(Br)ccn2)c(OC)c1. The first-order valence-electron chi connectivity index (χ1n) is 6.34. The lowest BCUT2D eigenvalue weighted by molar-refractivity contribution is 0.387. The van der Waals surface area contributed by atoms with Crippen LogP contribution in [0.25, 0.3) is 0 Å². The van der Waals surface area contributed by atoms with E-state index in [-0.39, 0.29) is 0 Å². The summed E-state index contributed by atoms with van der Waals surface area (Å²) in [6.07, 6.45) is 1.79. The highest BCUT2D eigenvalue weighted by atomic mass is 79.9. The summed E-state index contributed by atoms with van der Waals surface area (Å²) < 4.78 is 13.8. The van der Waals surface area contributed by atoms with Crippen LogP contribution in [0.15, 0.2) is 46.0 Å². The van der Waals surface area contributed by atoms with E-state index in [1.807, 2.05) is 37.4 Å². The van der Waals surface area contributed by atoms with Gasteiger partial charge in [-0.2, -0.15) is 0 Å². The van der Waals surface area contributed by atoms with Gasteiger partial charge < -0.3 is 9.47 Å². The molecule has 0 radical (unpaired) electrons. The van der Waals surface area contributed by atoms with Crippen LogP contribution in [0.2, 0.25) is 0 Å². The average Bonchev–Trinajstić information content (AvgIpc) is 2.47. The summed E-state index contributed by atoms with van der Waals surface area (Å²) >= 11 is 5.04. The molecule has 21 heavy (non-hydrogen) atoms. The number of benzene rings is 1. The molecule has 2 rings (SSSR count). The van der Waals surface area contributed by atoms with Crippen LogP contribution in [0.5, 0.6) is 11.5 Å². The number of hydrogen-bond acceptors (Lipinski definition) is 5. The molecule has 0 spiro atoms. The maximum absolute atomic E-state index is 5.42. The highest BCUT2D eigenvalue weighted by molar-refractivity contribution is 9.10. The van der Waals surface area contributed by atoms with Crippen LogP contribution in [0.1, 0.15) is 5.56 Å². The zero-order valence-electron chi connectivity index (χ0n) is 12.2. The smallest absolute Gasteiger partial charge is 0.127 e. The first-order valence-corrected chi connectivity index (χ1v) is 7.90. The molecule has 2 aromatic rings. The van der Waals surface area contributed by atoms with E-state index in [0.29, 0.717) is 0 Å². The fourth-order valence-corrected chi connectivity index (χ4v) is 3.15. The zero-order chi connectivity index (χ0) is 15.2. The van der Waals surface area contributed by atoms with Crippen molar-refractivity contribution >= 4 is 27.9 Å². The monoisotopic (exact) mass is 368 g/mol. The molecule has 0 unspecified atom stereocenters. The highest BCUT2D eigenvalue weighted by Gasteiger charge is 2.10. The second-order valence-electron chi connectivity index (χ2n) is 4.37. The number of aromatic nitrogens is 1. The number of hydrogen-bond donors (Lipinski definition) is 0. The highest BCUT2D eigenvalue weighted by Crippen LogP contribution is 2.29. The third-order valence-electron chi connectivity index (χ3n) is 2.83. The van der Waals surface area contributed by atoms with E-state index in [2.05, 4.69) is 25.2 Å². The molecular formula is C15H17BrN2O2S. The second kappa shape index (κ2) is 7.68. The first-order chi connectivity index (χ1) is 10.1. The lowest BCUT2D eigenvalue weighted by atomic mass is 10.2. The molecule has 0 saturated carbocycles. The van der Waals surface area contributed by atoms with Gasteiger partial charge in [0.2, 0.25) is 0 Å². The number of halogens is 1. The summed E-state index contributed by atoms with van der Waals surface area (Å²) in [5.41, 5.74) is 1.10. The van der Waals surface area contributed by atoms with Gasteiger partial charge in [-0.05, 0) is 37.2 Å². The van der Waals surface area contributed by atoms with Crippen molar-refractivity contribution in [1.82, 2.24) is 9.29 Å². The van der Waals surface area contributed by atoms with Crippen molar-refractivity contribution in [2.24, 2.45) is 0 Å². The maximum atomic E-state index is 5.42. The average molecular weight is 369 g/mol. The summed E-state index contributed by atoms with van der Waals surface area (Å²) in [5.74, 6) is 1.61. The van der Waals surface area contributed by atoms with Crippen molar-refractivity contribution in [1.29, 1.82) is 0 Å². The third-order valence-corrected chi connectivity index (χ3v) is 4.18. The molecule has 112 valence electrons. The molecule has 0 saturated heterocycles. The number of pyridine rings is 1. The van der Waals surface area contributed by atoms with Crippen LogP contribution in [-0.4, -0.2) is 30.6 Å². The largest absolute Gasteiger partial charge is 0.497 e. The quantitative estimate of drug-likeness (QED) is 0.719. The Bertz CT molecular complexity index is 610. The molecule has 0 fully saturated rings. The van der Waals surface area contributed by atoms with Crippen molar-refractivity contribution in [3.8, 4) is 11.5 Å². The Morgan fingerprint density at radius 3 is 2.67 bits per heavy atom. The normalized spacial score (nSPS) is 10.7. The van der Waals surface area contributed by atoms with Gasteiger partial charge in [0.1, 0.15) is 16.5 Å². The molecule has 0 aliphatic carbocycles. The zero-order valence-corrected chi connectivity index (χ0v) is 14.6. The Kier molecular flexibility index (Phi) is 5.90. The van der Waals surface area contributed by atoms with E-state index < -0.39 is 0 Å². The summed E-state index contributed by atoms with van der Waals surface area (Å²) in [6, 6.07) is 9.75. The first kappa shape index (κ1) is 16.1. The Balaban J connectivity index is 2.07. The van der Waals surface area contributed by atoms with Crippen molar-refractivity contribution < 1.29 is 9.47 Å². The molecule has 0 bridgehead atoms. The van der Waals surface area contributed by atoms with Crippen LogP contribution in [0.4, 0.5) is 0 Å². The summed E-state index contributed by atoms with van der Waals surface area (Å²) in [4.78, 5) is 4.33. The molecule has 6 heteroatoms. The summed E-state index contributed by atoms with van der Waals surface area (Å²) in [5, 5.41) is 0.944. The van der Waals surface area contributed by atoms with Gasteiger partial charge >= 0.3 is 0 Å². The number of methoxy groups -OCH3 is 2. The van der Waals surface area contributed by atoms with E-state index in [0.717, 1.165) is 33.1 Å². The van der Waals surface area contributed by atoms with Gasteiger partial charge in [-0.25, -0.2) is 9.29 Å². The van der Waals surface area contributed by atoms with Crippen LogP contribution in [0, 0.1) is 0 Å². The van der Waals surface area contributed by atoms with Gasteiger partial charge in [-0.15, -0.1) is 0 Å². The van der Waals surface area contributed by atoms with Crippen molar-refractivity contribution in [2.75, 3.05) is 21.3 Å². The Labute approximate surface area is 137 Å². The predicted octanol–water partition coefficient (Wildman–Crippen LogP) is 4.00. The van der Waals surface area contributed by atoms with Crippen molar-refractivity contribution in [2.45, 2.75) is 11.6 Å². The molecule has 0 N–H and O–H groups in total. The van der Waals surface area contributed by atoms with Gasteiger partial charge in [-0.1, -0.05) is 22.0 Å². The lowest BCUT2D eigenvalue weighted by Gasteiger charge is -2.17. The van der Waals surface area contributed by atoms with Gasteiger partial charge in [0.05, 0.1) is 14.2 Å². The fourth-order valence-electron chi connectivity index (χ4n) is 1.85. The van der Waals surface area contributed by atoms with E-state index in [1.54, 1.807) is 32.4 Å². The minimum absolute atomic E-state index is 0.742. The number of rotatable bonds is 6. The molecule has 0 amide bonds. The fraction of sp³-hybridized carbons (Fsp3) is 0.267. The van der Waals surface area contributed by atoms with Crippen LogP contribution < -0.4 is 9.47 Å². The van der Waals surface area contributed by atoms with E-state index in [9.17, 15) is 0 Å². The summed E-state index contributed by atoms with van der Waals surface area (Å²) in [7, 11) is 5.34. The molecule has 4 nitrogen and oxygen atoms in total. The van der Waals surface area contributed by atoms with Gasteiger partial charge in [0, 0.05) is 28.8 Å². The standard InChI is InChI=1S/C15H17BrN2O2S/c1-18(21-15-8-12(16)6-7-17-15)10-11-4-5-13(19-2)9-14(11)20-3/h4-9H,10H2,1-3H3.